The van der Waals surface area contributed by atoms with Crippen LogP contribution in [0.3, 0.4) is 0 Å². The van der Waals surface area contributed by atoms with Crippen LogP contribution < -0.4 is 0 Å². The second-order valence-electron chi connectivity index (χ2n) is 3.76. The van der Waals surface area contributed by atoms with Crippen LogP contribution in [-0.4, -0.2) is 42.6 Å². The second kappa shape index (κ2) is 5.84. The van der Waals surface area contributed by atoms with E-state index in [0.29, 0.717) is 18.0 Å². The maximum Gasteiger partial charge on any atom is 0.0634 e. The van der Waals surface area contributed by atoms with E-state index in [1.54, 1.807) is 0 Å². The lowest BCUT2D eigenvalue weighted by molar-refractivity contribution is -0.0186. The van der Waals surface area contributed by atoms with Crippen LogP contribution in [0.25, 0.3) is 0 Å². The third-order valence-corrected chi connectivity index (χ3v) is 3.08. The summed E-state index contributed by atoms with van der Waals surface area (Å²) in [6.07, 6.45) is 2.50. The number of hydrogen-bond acceptors (Lipinski definition) is 2. The van der Waals surface area contributed by atoms with E-state index < -0.39 is 0 Å². The van der Waals surface area contributed by atoms with E-state index in [2.05, 4.69) is 18.7 Å². The molecule has 0 N–H and O–H groups in total. The van der Waals surface area contributed by atoms with Gasteiger partial charge in [-0.1, -0.05) is 13.3 Å². The number of morpholine rings is 1. The van der Waals surface area contributed by atoms with E-state index in [9.17, 15) is 0 Å². The molecule has 0 aliphatic carbocycles. The number of halogens is 1. The second-order valence-corrected chi connectivity index (χ2v) is 4.07. The molecule has 3 heteroatoms. The van der Waals surface area contributed by atoms with Crippen LogP contribution in [-0.2, 0) is 4.74 Å². The third kappa shape index (κ3) is 3.12. The molecule has 2 atom stereocenters. The van der Waals surface area contributed by atoms with Crippen LogP contribution in [0.1, 0.15) is 26.7 Å². The average Bonchev–Trinajstić information content (AvgIpc) is 2.18. The van der Waals surface area contributed by atoms with Crippen molar-refractivity contribution in [2.75, 3.05) is 25.6 Å². The number of alkyl halides is 1. The fourth-order valence-corrected chi connectivity index (χ4v) is 2.23. The molecular weight excluding hydrogens is 186 g/mol. The molecule has 78 valence electrons. The van der Waals surface area contributed by atoms with Crippen molar-refractivity contribution >= 4 is 11.6 Å². The summed E-state index contributed by atoms with van der Waals surface area (Å²) < 4.78 is 5.41. The van der Waals surface area contributed by atoms with Crippen LogP contribution in [0, 0.1) is 0 Å². The van der Waals surface area contributed by atoms with Crippen LogP contribution in [0.15, 0.2) is 0 Å². The lowest BCUT2D eigenvalue weighted by atomic mass is 10.1. The summed E-state index contributed by atoms with van der Waals surface area (Å²) in [7, 11) is 0. The minimum absolute atomic E-state index is 0.428. The highest BCUT2D eigenvalue weighted by Gasteiger charge is 2.25. The highest BCUT2D eigenvalue weighted by molar-refractivity contribution is 6.18. The summed E-state index contributed by atoms with van der Waals surface area (Å²) in [6.45, 7) is 7.22. The van der Waals surface area contributed by atoms with Gasteiger partial charge in [0, 0.05) is 24.5 Å². The number of hydrogen-bond donors (Lipinski definition) is 0. The molecule has 1 aliphatic rings. The number of ether oxygens (including phenoxy) is 1. The van der Waals surface area contributed by atoms with E-state index >= 15 is 0 Å². The molecule has 13 heavy (non-hydrogen) atoms. The van der Waals surface area contributed by atoms with Crippen molar-refractivity contribution in [3.05, 3.63) is 0 Å². The van der Waals surface area contributed by atoms with Gasteiger partial charge in [0.15, 0.2) is 0 Å². The molecule has 2 unspecified atom stereocenters. The van der Waals surface area contributed by atoms with Crippen molar-refractivity contribution in [2.45, 2.75) is 38.8 Å². The van der Waals surface area contributed by atoms with Gasteiger partial charge >= 0.3 is 0 Å². The lowest BCUT2D eigenvalue weighted by Crippen LogP contribution is -2.50. The Labute approximate surface area is 86.2 Å². The molecule has 1 aliphatic heterocycles. The summed E-state index contributed by atoms with van der Waals surface area (Å²) in [5.41, 5.74) is 0. The van der Waals surface area contributed by atoms with Gasteiger partial charge in [-0.2, -0.15) is 0 Å². The molecule has 0 saturated carbocycles. The van der Waals surface area contributed by atoms with Crippen LogP contribution in [0.5, 0.6) is 0 Å². The van der Waals surface area contributed by atoms with E-state index in [4.69, 9.17) is 16.3 Å². The van der Waals surface area contributed by atoms with E-state index in [-0.39, 0.29) is 0 Å². The SMILES string of the molecule is CCCC(C)N1CCOCC1CCl. The first-order valence-electron chi connectivity index (χ1n) is 5.19. The van der Waals surface area contributed by atoms with E-state index in [1.807, 2.05) is 0 Å². The minimum atomic E-state index is 0.428. The predicted molar refractivity (Wildman–Crippen MR) is 56.4 cm³/mol. The number of nitrogens with zero attached hydrogens (tertiary/aromatic N) is 1. The zero-order chi connectivity index (χ0) is 9.68. The molecule has 0 radical (unpaired) electrons. The molecule has 2 nitrogen and oxygen atoms in total. The fraction of sp³-hybridized carbons (Fsp3) is 1.00. The predicted octanol–water partition coefficient (Wildman–Crippen LogP) is 2.11. The van der Waals surface area contributed by atoms with Crippen molar-refractivity contribution in [2.24, 2.45) is 0 Å². The lowest BCUT2D eigenvalue weighted by Gasteiger charge is -2.38. The summed E-state index contributed by atoms with van der Waals surface area (Å²) >= 11 is 5.90. The first-order valence-corrected chi connectivity index (χ1v) is 5.72. The Morgan fingerprint density at radius 2 is 2.38 bits per heavy atom. The molecule has 1 saturated heterocycles. The fourth-order valence-electron chi connectivity index (χ4n) is 1.96. The zero-order valence-electron chi connectivity index (χ0n) is 8.63. The highest BCUT2D eigenvalue weighted by Crippen LogP contribution is 2.15. The van der Waals surface area contributed by atoms with Gasteiger partial charge in [-0.05, 0) is 13.3 Å². The molecule has 0 bridgehead atoms. The largest absolute Gasteiger partial charge is 0.378 e. The summed E-state index contributed by atoms with van der Waals surface area (Å²) in [4.78, 5) is 2.49. The maximum absolute atomic E-state index is 5.90. The molecular formula is C10H20ClNO. The Morgan fingerprint density at radius 3 is 3.00 bits per heavy atom. The molecule has 0 aromatic heterocycles. The first kappa shape index (κ1) is 11.3. The third-order valence-electron chi connectivity index (χ3n) is 2.72. The van der Waals surface area contributed by atoms with Crippen molar-refractivity contribution in [1.82, 2.24) is 4.90 Å². The molecule has 0 amide bonds. The molecule has 1 heterocycles. The molecule has 1 fully saturated rings. The van der Waals surface area contributed by atoms with Crippen molar-refractivity contribution < 1.29 is 4.74 Å². The Bertz CT molecular complexity index is 143. The standard InChI is InChI=1S/C10H20ClNO/c1-3-4-9(2)12-5-6-13-8-10(12)7-11/h9-10H,3-8H2,1-2H3. The smallest absolute Gasteiger partial charge is 0.0634 e. The van der Waals surface area contributed by atoms with Crippen molar-refractivity contribution in [3.8, 4) is 0 Å². The Morgan fingerprint density at radius 1 is 1.62 bits per heavy atom. The summed E-state index contributed by atoms with van der Waals surface area (Å²) in [5.74, 6) is 0.689. The Kier molecular flexibility index (Phi) is 5.07. The van der Waals surface area contributed by atoms with E-state index in [1.165, 1.54) is 12.8 Å². The van der Waals surface area contributed by atoms with Gasteiger partial charge < -0.3 is 4.74 Å². The van der Waals surface area contributed by atoms with Crippen molar-refractivity contribution in [3.63, 3.8) is 0 Å². The summed E-state index contributed by atoms with van der Waals surface area (Å²) in [5, 5.41) is 0. The van der Waals surface area contributed by atoms with Gasteiger partial charge in [0.1, 0.15) is 0 Å². The highest BCUT2D eigenvalue weighted by atomic mass is 35.5. The Balaban J connectivity index is 2.43. The van der Waals surface area contributed by atoms with Gasteiger partial charge in [0.25, 0.3) is 0 Å². The van der Waals surface area contributed by atoms with Crippen LogP contribution in [0.4, 0.5) is 0 Å². The van der Waals surface area contributed by atoms with E-state index in [0.717, 1.165) is 19.8 Å². The normalized spacial score (nSPS) is 27.5. The van der Waals surface area contributed by atoms with Gasteiger partial charge in [-0.3, -0.25) is 4.90 Å². The van der Waals surface area contributed by atoms with Crippen molar-refractivity contribution in [1.29, 1.82) is 0 Å². The molecule has 1 rings (SSSR count). The molecule has 0 spiro atoms. The Hall–Kier alpha value is 0.210. The zero-order valence-corrected chi connectivity index (χ0v) is 9.39. The average molecular weight is 206 g/mol. The van der Waals surface area contributed by atoms with Gasteiger partial charge in [-0.15, -0.1) is 11.6 Å². The summed E-state index contributed by atoms with van der Waals surface area (Å²) in [6, 6.07) is 1.08. The first-order chi connectivity index (χ1) is 6.29. The van der Waals surface area contributed by atoms with Crippen LogP contribution >= 0.6 is 11.6 Å². The quantitative estimate of drug-likeness (QED) is 0.652. The topological polar surface area (TPSA) is 12.5 Å². The molecule has 0 aromatic carbocycles. The number of rotatable bonds is 4. The molecule has 0 aromatic rings. The van der Waals surface area contributed by atoms with Gasteiger partial charge in [-0.25, -0.2) is 0 Å². The monoisotopic (exact) mass is 205 g/mol. The van der Waals surface area contributed by atoms with Gasteiger partial charge in [0.2, 0.25) is 0 Å². The van der Waals surface area contributed by atoms with Crippen LogP contribution in [0.2, 0.25) is 0 Å². The van der Waals surface area contributed by atoms with Gasteiger partial charge in [0.05, 0.1) is 13.2 Å². The minimum Gasteiger partial charge on any atom is -0.378 e. The maximum atomic E-state index is 5.90.